The van der Waals surface area contributed by atoms with Gasteiger partial charge in [-0.1, -0.05) is 20.8 Å². The third-order valence-electron chi connectivity index (χ3n) is 2.63. The molecule has 2 atom stereocenters. The van der Waals surface area contributed by atoms with Crippen molar-refractivity contribution in [2.24, 2.45) is 5.41 Å². The van der Waals surface area contributed by atoms with E-state index in [-0.39, 0.29) is 11.0 Å². The molecule has 2 unspecified atom stereocenters. The van der Waals surface area contributed by atoms with Crippen molar-refractivity contribution in [1.82, 2.24) is 5.32 Å². The molecule has 0 aromatic heterocycles. The van der Waals surface area contributed by atoms with Crippen LogP contribution in [0.2, 0.25) is 0 Å². The molecular formula is C13H27NO3. The number of carboxylic acid groups (broad SMARTS) is 1. The zero-order chi connectivity index (χ0) is 13.9. The maximum absolute atomic E-state index is 11.1. The Morgan fingerprint density at radius 2 is 1.59 bits per heavy atom. The summed E-state index contributed by atoms with van der Waals surface area (Å²) in [6, 6.07) is -0.605. The van der Waals surface area contributed by atoms with Gasteiger partial charge in [-0.25, -0.2) is 0 Å². The second-order valence-electron chi connectivity index (χ2n) is 6.74. The first-order valence-electron chi connectivity index (χ1n) is 6.12. The minimum absolute atomic E-state index is 0.204. The van der Waals surface area contributed by atoms with Crippen LogP contribution in [0.3, 0.4) is 0 Å². The van der Waals surface area contributed by atoms with E-state index in [1.807, 2.05) is 41.5 Å². The first-order chi connectivity index (χ1) is 7.43. The molecule has 0 amide bonds. The highest BCUT2D eigenvalue weighted by Gasteiger charge is 2.27. The van der Waals surface area contributed by atoms with Crippen LogP contribution in [-0.4, -0.2) is 33.9 Å². The van der Waals surface area contributed by atoms with E-state index in [0.717, 1.165) is 0 Å². The number of carbonyl (C=O) groups is 1. The molecular weight excluding hydrogens is 218 g/mol. The molecule has 0 aliphatic carbocycles. The average Bonchev–Trinajstić information content (AvgIpc) is 2.07. The van der Waals surface area contributed by atoms with Crippen LogP contribution < -0.4 is 5.32 Å². The Hall–Kier alpha value is -0.610. The summed E-state index contributed by atoms with van der Waals surface area (Å²) >= 11 is 0. The number of aliphatic hydroxyl groups excluding tert-OH is 1. The fourth-order valence-corrected chi connectivity index (χ4v) is 1.54. The number of hydrogen-bond acceptors (Lipinski definition) is 3. The lowest BCUT2D eigenvalue weighted by Crippen LogP contribution is -2.48. The van der Waals surface area contributed by atoms with Crippen molar-refractivity contribution in [3.05, 3.63) is 0 Å². The van der Waals surface area contributed by atoms with Gasteiger partial charge in [0.05, 0.1) is 6.10 Å². The number of rotatable bonds is 5. The molecule has 4 nitrogen and oxygen atoms in total. The van der Waals surface area contributed by atoms with Crippen molar-refractivity contribution in [2.45, 2.75) is 72.1 Å². The molecule has 0 aromatic rings. The van der Waals surface area contributed by atoms with Crippen LogP contribution in [-0.2, 0) is 4.79 Å². The summed E-state index contributed by atoms with van der Waals surface area (Å²) in [7, 11) is 0. The first-order valence-corrected chi connectivity index (χ1v) is 6.12. The summed E-state index contributed by atoms with van der Waals surface area (Å²) in [6.07, 6.45) is 0.445. The summed E-state index contributed by atoms with van der Waals surface area (Å²) in [4.78, 5) is 11.1. The number of carboxylic acids is 1. The fraction of sp³-hybridized carbons (Fsp3) is 0.923. The van der Waals surface area contributed by atoms with E-state index in [1.165, 1.54) is 0 Å². The summed E-state index contributed by atoms with van der Waals surface area (Å²) in [5.74, 6) is -0.860. The minimum Gasteiger partial charge on any atom is -0.480 e. The molecule has 0 spiro atoms. The van der Waals surface area contributed by atoms with Crippen molar-refractivity contribution < 1.29 is 15.0 Å². The van der Waals surface area contributed by atoms with Gasteiger partial charge >= 0.3 is 5.97 Å². The van der Waals surface area contributed by atoms with Gasteiger partial charge in [0.2, 0.25) is 0 Å². The maximum Gasteiger partial charge on any atom is 0.320 e. The van der Waals surface area contributed by atoms with Crippen molar-refractivity contribution >= 4 is 5.97 Å². The third-order valence-corrected chi connectivity index (χ3v) is 2.63. The number of nitrogens with one attached hydrogen (secondary N) is 1. The third kappa shape index (κ3) is 7.34. The smallest absolute Gasteiger partial charge is 0.320 e. The summed E-state index contributed by atoms with van der Waals surface area (Å²) in [5, 5.41) is 22.1. The summed E-state index contributed by atoms with van der Waals surface area (Å²) < 4.78 is 0. The van der Waals surface area contributed by atoms with Crippen LogP contribution in [0.4, 0.5) is 0 Å². The van der Waals surface area contributed by atoms with E-state index < -0.39 is 18.1 Å². The van der Waals surface area contributed by atoms with Gasteiger partial charge in [0.15, 0.2) is 0 Å². The monoisotopic (exact) mass is 245 g/mol. The van der Waals surface area contributed by atoms with Crippen LogP contribution in [0.1, 0.15) is 54.4 Å². The van der Waals surface area contributed by atoms with Crippen LogP contribution in [0, 0.1) is 5.41 Å². The standard InChI is InChI=1S/C13H27NO3/c1-12(2,3)10(15)8-7-9(11(16)17)14-13(4,5)6/h9-10,14-15H,7-8H2,1-6H3,(H,16,17). The van der Waals surface area contributed by atoms with Crippen LogP contribution in [0.15, 0.2) is 0 Å². The lowest BCUT2D eigenvalue weighted by Gasteiger charge is -2.29. The maximum atomic E-state index is 11.1. The molecule has 0 bridgehead atoms. The Kier molecular flexibility index (Phi) is 5.62. The molecule has 3 N–H and O–H groups in total. The average molecular weight is 245 g/mol. The highest BCUT2D eigenvalue weighted by Crippen LogP contribution is 2.23. The quantitative estimate of drug-likeness (QED) is 0.693. The molecule has 0 fully saturated rings. The normalized spacial score (nSPS) is 16.6. The van der Waals surface area contributed by atoms with E-state index >= 15 is 0 Å². The van der Waals surface area contributed by atoms with E-state index in [4.69, 9.17) is 5.11 Å². The predicted octanol–water partition coefficient (Wildman–Crippen LogP) is 2.01. The van der Waals surface area contributed by atoms with Crippen molar-refractivity contribution in [3.8, 4) is 0 Å². The summed E-state index contributed by atoms with van der Waals surface area (Å²) in [5.41, 5.74) is -0.444. The van der Waals surface area contributed by atoms with Gasteiger partial charge in [0, 0.05) is 5.54 Å². The zero-order valence-electron chi connectivity index (χ0n) is 11.9. The Morgan fingerprint density at radius 3 is 1.88 bits per heavy atom. The minimum atomic E-state index is -0.860. The lowest BCUT2D eigenvalue weighted by atomic mass is 9.85. The molecule has 0 heterocycles. The van der Waals surface area contributed by atoms with Crippen LogP contribution >= 0.6 is 0 Å². The Morgan fingerprint density at radius 1 is 1.12 bits per heavy atom. The van der Waals surface area contributed by atoms with E-state index in [0.29, 0.717) is 12.8 Å². The molecule has 0 saturated carbocycles. The molecule has 0 rings (SSSR count). The highest BCUT2D eigenvalue weighted by atomic mass is 16.4. The zero-order valence-corrected chi connectivity index (χ0v) is 11.9. The number of hydrogen-bond donors (Lipinski definition) is 3. The Labute approximate surface area is 104 Å². The predicted molar refractivity (Wildman–Crippen MR) is 69.0 cm³/mol. The van der Waals surface area contributed by atoms with E-state index in [1.54, 1.807) is 0 Å². The van der Waals surface area contributed by atoms with Crippen LogP contribution in [0.5, 0.6) is 0 Å². The molecule has 0 radical (unpaired) electrons. The van der Waals surface area contributed by atoms with Gasteiger partial charge in [-0.2, -0.15) is 0 Å². The molecule has 102 valence electrons. The van der Waals surface area contributed by atoms with Gasteiger partial charge in [-0.05, 0) is 39.0 Å². The van der Waals surface area contributed by atoms with E-state index in [2.05, 4.69) is 5.32 Å². The molecule has 4 heteroatoms. The van der Waals surface area contributed by atoms with Gasteiger partial charge in [-0.15, -0.1) is 0 Å². The first kappa shape index (κ1) is 16.4. The molecule has 0 saturated heterocycles. The molecule has 0 aliphatic rings. The number of aliphatic carboxylic acids is 1. The SMILES string of the molecule is CC(C)(C)NC(CCC(O)C(C)(C)C)C(=O)O. The molecule has 0 aliphatic heterocycles. The van der Waals surface area contributed by atoms with Gasteiger partial charge in [0.25, 0.3) is 0 Å². The van der Waals surface area contributed by atoms with E-state index in [9.17, 15) is 9.90 Å². The topological polar surface area (TPSA) is 69.6 Å². The van der Waals surface area contributed by atoms with Gasteiger partial charge < -0.3 is 10.2 Å². The molecule has 17 heavy (non-hydrogen) atoms. The van der Waals surface area contributed by atoms with Crippen LogP contribution in [0.25, 0.3) is 0 Å². The van der Waals surface area contributed by atoms with Crippen molar-refractivity contribution in [3.63, 3.8) is 0 Å². The second-order valence-corrected chi connectivity index (χ2v) is 6.74. The van der Waals surface area contributed by atoms with Crippen molar-refractivity contribution in [2.75, 3.05) is 0 Å². The van der Waals surface area contributed by atoms with Gasteiger partial charge in [-0.3, -0.25) is 10.1 Å². The highest BCUT2D eigenvalue weighted by molar-refractivity contribution is 5.73. The van der Waals surface area contributed by atoms with Gasteiger partial charge in [0.1, 0.15) is 6.04 Å². The number of aliphatic hydroxyl groups is 1. The Bertz CT molecular complexity index is 250. The second kappa shape index (κ2) is 5.83. The largest absolute Gasteiger partial charge is 0.480 e. The lowest BCUT2D eigenvalue weighted by molar-refractivity contribution is -0.140. The molecule has 0 aromatic carbocycles. The van der Waals surface area contributed by atoms with Crippen molar-refractivity contribution in [1.29, 1.82) is 0 Å². The fourth-order valence-electron chi connectivity index (χ4n) is 1.54. The Balaban J connectivity index is 4.34. The summed E-state index contributed by atoms with van der Waals surface area (Å²) in [6.45, 7) is 11.6.